The Morgan fingerprint density at radius 3 is 2.80 bits per heavy atom. The lowest BCUT2D eigenvalue weighted by molar-refractivity contribution is 0.260. The first-order chi connectivity index (χ1) is 7.09. The summed E-state index contributed by atoms with van der Waals surface area (Å²) >= 11 is 6.66. The van der Waals surface area contributed by atoms with Gasteiger partial charge in [-0.2, -0.15) is 0 Å². The van der Waals surface area contributed by atoms with Crippen LogP contribution in [0.4, 0.5) is 0 Å². The Morgan fingerprint density at radius 2 is 2.20 bits per heavy atom. The van der Waals surface area contributed by atoms with E-state index in [2.05, 4.69) is 31.9 Å². The summed E-state index contributed by atoms with van der Waals surface area (Å²) in [6, 6.07) is 1.60. The molecule has 0 saturated carbocycles. The fraction of sp³-hybridized carbons (Fsp3) is 0.400. The molecular formula is C10H10Br2O3. The maximum Gasteiger partial charge on any atom is 0.134 e. The summed E-state index contributed by atoms with van der Waals surface area (Å²) in [7, 11) is 0. The van der Waals surface area contributed by atoms with E-state index in [1.807, 2.05) is 6.92 Å². The molecule has 1 atom stereocenters. The third-order valence-electron chi connectivity index (χ3n) is 2.21. The van der Waals surface area contributed by atoms with E-state index < -0.39 is 0 Å². The highest BCUT2D eigenvalue weighted by Crippen LogP contribution is 2.39. The minimum atomic E-state index is 0.166. The molecule has 0 spiro atoms. The molecule has 1 unspecified atom stereocenters. The van der Waals surface area contributed by atoms with Crippen LogP contribution in [-0.4, -0.2) is 24.4 Å². The van der Waals surface area contributed by atoms with E-state index in [-0.39, 0.29) is 11.9 Å². The van der Waals surface area contributed by atoms with E-state index in [4.69, 9.17) is 9.47 Å². The normalized spacial score (nSPS) is 19.0. The van der Waals surface area contributed by atoms with Gasteiger partial charge in [0, 0.05) is 16.1 Å². The number of halogens is 2. The van der Waals surface area contributed by atoms with Gasteiger partial charge in [0.1, 0.15) is 24.2 Å². The average Bonchev–Trinajstić information content (AvgIpc) is 3.02. The van der Waals surface area contributed by atoms with Gasteiger partial charge in [0.25, 0.3) is 0 Å². The fourth-order valence-corrected chi connectivity index (χ4v) is 1.99. The summed E-state index contributed by atoms with van der Waals surface area (Å²) in [5.74, 6) is 0.845. The van der Waals surface area contributed by atoms with Crippen LogP contribution in [0.5, 0.6) is 11.5 Å². The zero-order chi connectivity index (χ0) is 11.0. The predicted octanol–water partition coefficient (Wildman–Crippen LogP) is 3.00. The van der Waals surface area contributed by atoms with Crippen LogP contribution < -0.4 is 4.74 Å². The van der Waals surface area contributed by atoms with Crippen molar-refractivity contribution in [2.24, 2.45) is 0 Å². The fourth-order valence-electron chi connectivity index (χ4n) is 1.18. The molecule has 2 rings (SSSR count). The summed E-state index contributed by atoms with van der Waals surface area (Å²) in [6.07, 6.45) is 0.217. The number of aromatic hydroxyl groups is 1. The average molecular weight is 338 g/mol. The van der Waals surface area contributed by atoms with E-state index in [0.717, 1.165) is 16.6 Å². The lowest BCUT2D eigenvalue weighted by atomic mass is 10.2. The molecule has 1 aromatic carbocycles. The van der Waals surface area contributed by atoms with Crippen LogP contribution in [0, 0.1) is 6.92 Å². The van der Waals surface area contributed by atoms with Crippen molar-refractivity contribution in [3.63, 3.8) is 0 Å². The SMILES string of the molecule is Cc1c(OCC2CO2)cc(O)c(Br)c1Br. The second-order valence-corrected chi connectivity index (χ2v) is 5.00. The zero-order valence-electron chi connectivity index (χ0n) is 8.09. The second kappa shape index (κ2) is 4.31. The molecule has 5 heteroatoms. The molecule has 82 valence electrons. The molecule has 3 nitrogen and oxygen atoms in total. The van der Waals surface area contributed by atoms with Crippen molar-refractivity contribution in [3.8, 4) is 11.5 Å². The topological polar surface area (TPSA) is 42.0 Å². The zero-order valence-corrected chi connectivity index (χ0v) is 11.3. The summed E-state index contributed by atoms with van der Waals surface area (Å²) < 4.78 is 12.0. The monoisotopic (exact) mass is 336 g/mol. The highest BCUT2D eigenvalue weighted by molar-refractivity contribution is 9.13. The summed E-state index contributed by atoms with van der Waals surface area (Å²) in [5.41, 5.74) is 0.959. The molecule has 1 aliphatic rings. The largest absolute Gasteiger partial charge is 0.507 e. The Kier molecular flexibility index (Phi) is 3.23. The van der Waals surface area contributed by atoms with Crippen LogP contribution in [0.3, 0.4) is 0 Å². The molecule has 1 aliphatic heterocycles. The van der Waals surface area contributed by atoms with Gasteiger partial charge in [-0.05, 0) is 38.8 Å². The van der Waals surface area contributed by atoms with Gasteiger partial charge >= 0.3 is 0 Å². The quantitative estimate of drug-likeness (QED) is 0.862. The minimum absolute atomic E-state index is 0.166. The van der Waals surface area contributed by atoms with Gasteiger partial charge in [0.15, 0.2) is 0 Å². The molecule has 1 aromatic rings. The first kappa shape index (κ1) is 11.2. The number of phenolic OH excluding ortho intramolecular Hbond substituents is 1. The maximum atomic E-state index is 9.60. The first-order valence-electron chi connectivity index (χ1n) is 4.51. The van der Waals surface area contributed by atoms with E-state index >= 15 is 0 Å². The molecule has 0 bridgehead atoms. The van der Waals surface area contributed by atoms with Crippen molar-refractivity contribution in [3.05, 3.63) is 20.6 Å². The van der Waals surface area contributed by atoms with E-state index in [1.54, 1.807) is 6.07 Å². The van der Waals surface area contributed by atoms with Crippen LogP contribution in [0.2, 0.25) is 0 Å². The number of phenols is 1. The standard InChI is InChI=1S/C10H10Br2O3/c1-5-8(15-4-6-3-14-6)2-7(13)10(12)9(5)11/h2,6,13H,3-4H2,1H3. The third kappa shape index (κ3) is 2.46. The van der Waals surface area contributed by atoms with Gasteiger partial charge in [-0.25, -0.2) is 0 Å². The number of rotatable bonds is 3. The Labute approximate surface area is 105 Å². The molecular weight excluding hydrogens is 328 g/mol. The van der Waals surface area contributed by atoms with Crippen LogP contribution in [0.1, 0.15) is 5.56 Å². The number of epoxide rings is 1. The van der Waals surface area contributed by atoms with Gasteiger partial charge in [-0.3, -0.25) is 0 Å². The maximum absolute atomic E-state index is 9.60. The van der Waals surface area contributed by atoms with Crippen molar-refractivity contribution in [2.45, 2.75) is 13.0 Å². The Balaban J connectivity index is 2.21. The summed E-state index contributed by atoms with van der Waals surface area (Å²) in [5, 5.41) is 9.60. The number of ether oxygens (including phenoxy) is 2. The molecule has 1 saturated heterocycles. The first-order valence-corrected chi connectivity index (χ1v) is 6.10. The van der Waals surface area contributed by atoms with Crippen molar-refractivity contribution < 1.29 is 14.6 Å². The Morgan fingerprint density at radius 1 is 1.53 bits per heavy atom. The predicted molar refractivity (Wildman–Crippen MR) is 63.5 cm³/mol. The molecule has 0 radical (unpaired) electrons. The van der Waals surface area contributed by atoms with Crippen LogP contribution in [-0.2, 0) is 4.74 Å². The van der Waals surface area contributed by atoms with Crippen LogP contribution in [0.15, 0.2) is 15.0 Å². The van der Waals surface area contributed by atoms with Crippen LogP contribution >= 0.6 is 31.9 Å². The third-order valence-corrected chi connectivity index (χ3v) is 4.54. The van der Waals surface area contributed by atoms with Crippen LogP contribution in [0.25, 0.3) is 0 Å². The van der Waals surface area contributed by atoms with Gasteiger partial charge in [-0.1, -0.05) is 0 Å². The summed E-state index contributed by atoms with van der Waals surface area (Å²) in [6.45, 7) is 3.23. The lowest BCUT2D eigenvalue weighted by Crippen LogP contribution is -2.05. The molecule has 15 heavy (non-hydrogen) atoms. The number of hydrogen-bond acceptors (Lipinski definition) is 3. The van der Waals surface area contributed by atoms with Crippen molar-refractivity contribution in [1.29, 1.82) is 0 Å². The molecule has 1 heterocycles. The molecule has 1 fully saturated rings. The Hall–Kier alpha value is -0.260. The minimum Gasteiger partial charge on any atom is -0.507 e. The van der Waals surface area contributed by atoms with E-state index in [1.165, 1.54) is 0 Å². The van der Waals surface area contributed by atoms with Gasteiger partial charge in [0.2, 0.25) is 0 Å². The molecule has 0 amide bonds. The van der Waals surface area contributed by atoms with Crippen molar-refractivity contribution in [2.75, 3.05) is 13.2 Å². The molecule has 0 aromatic heterocycles. The van der Waals surface area contributed by atoms with Gasteiger partial charge in [-0.15, -0.1) is 0 Å². The molecule has 0 aliphatic carbocycles. The van der Waals surface area contributed by atoms with E-state index in [9.17, 15) is 5.11 Å². The van der Waals surface area contributed by atoms with Crippen molar-refractivity contribution >= 4 is 31.9 Å². The smallest absolute Gasteiger partial charge is 0.134 e. The van der Waals surface area contributed by atoms with Crippen molar-refractivity contribution in [1.82, 2.24) is 0 Å². The molecule has 1 N–H and O–H groups in total. The van der Waals surface area contributed by atoms with E-state index in [0.29, 0.717) is 16.8 Å². The highest BCUT2D eigenvalue weighted by atomic mass is 79.9. The summed E-state index contributed by atoms with van der Waals surface area (Å²) in [4.78, 5) is 0. The Bertz CT molecular complexity index is 389. The van der Waals surface area contributed by atoms with Gasteiger partial charge in [0.05, 0.1) is 11.1 Å². The second-order valence-electron chi connectivity index (χ2n) is 3.41. The lowest BCUT2D eigenvalue weighted by Gasteiger charge is -2.11. The number of benzene rings is 1. The van der Waals surface area contributed by atoms with Gasteiger partial charge < -0.3 is 14.6 Å². The number of hydrogen-bond donors (Lipinski definition) is 1. The highest BCUT2D eigenvalue weighted by Gasteiger charge is 2.24.